The molecule has 2 atom stereocenters. The van der Waals surface area contributed by atoms with E-state index < -0.39 is 6.10 Å². The molecular weight excluding hydrogens is 162 g/mol. The molecule has 0 amide bonds. The monoisotopic (exact) mass is 177 g/mol. The molecule has 0 heterocycles. The maximum atomic E-state index is 9.81. The van der Waals surface area contributed by atoms with Crippen LogP contribution in [-0.2, 0) is 0 Å². The Morgan fingerprint density at radius 1 is 1.38 bits per heavy atom. The van der Waals surface area contributed by atoms with Crippen LogP contribution in [0.4, 0.5) is 0 Å². The maximum absolute atomic E-state index is 9.81. The van der Waals surface area contributed by atoms with Gasteiger partial charge in [0.2, 0.25) is 0 Å². The van der Waals surface area contributed by atoms with Gasteiger partial charge in [0, 0.05) is 0 Å². The molecule has 0 saturated heterocycles. The number of hydrogen-bond acceptors (Lipinski definition) is 2. The van der Waals surface area contributed by atoms with Gasteiger partial charge in [-0.2, -0.15) is 0 Å². The third-order valence-electron chi connectivity index (χ3n) is 2.00. The zero-order valence-corrected chi connectivity index (χ0v) is 7.77. The van der Waals surface area contributed by atoms with E-state index in [4.69, 9.17) is 0 Å². The molecule has 0 aliphatic rings. The number of benzene rings is 1. The van der Waals surface area contributed by atoms with Crippen molar-refractivity contribution in [2.75, 3.05) is 0 Å². The fourth-order valence-electron chi connectivity index (χ4n) is 1.22. The van der Waals surface area contributed by atoms with Gasteiger partial charge in [-0.15, -0.1) is 0 Å². The Bertz CT molecular complexity index is 258. The van der Waals surface area contributed by atoms with Crippen molar-refractivity contribution >= 4 is 0 Å². The molecule has 0 spiro atoms. The molecule has 0 unspecified atom stereocenters. The van der Waals surface area contributed by atoms with E-state index in [1.54, 1.807) is 6.20 Å². The summed E-state index contributed by atoms with van der Waals surface area (Å²) in [6.45, 7) is 5.47. The molecule has 0 bridgehead atoms. The summed E-state index contributed by atoms with van der Waals surface area (Å²) >= 11 is 0. The van der Waals surface area contributed by atoms with Crippen molar-refractivity contribution in [2.24, 2.45) is 0 Å². The lowest BCUT2D eigenvalue weighted by Gasteiger charge is -2.19. The van der Waals surface area contributed by atoms with Crippen molar-refractivity contribution in [3.63, 3.8) is 0 Å². The van der Waals surface area contributed by atoms with Crippen LogP contribution in [0.2, 0.25) is 0 Å². The number of hydrogen-bond donors (Lipinski definition) is 2. The standard InChI is InChI=1S/C11H15NO/c1-3-12-9(2)11(13)10-7-5-4-6-8-10/h3-9,11-13H,1H2,2H3/t9-,11-/m1/s1. The quantitative estimate of drug-likeness (QED) is 0.735. The summed E-state index contributed by atoms with van der Waals surface area (Å²) in [5, 5.41) is 12.8. The van der Waals surface area contributed by atoms with Gasteiger partial charge in [-0.25, -0.2) is 0 Å². The number of aliphatic hydroxyl groups is 1. The van der Waals surface area contributed by atoms with Crippen molar-refractivity contribution in [3.05, 3.63) is 48.7 Å². The first-order chi connectivity index (χ1) is 6.25. The molecular formula is C11H15NO. The average Bonchev–Trinajstić information content (AvgIpc) is 2.18. The highest BCUT2D eigenvalue weighted by atomic mass is 16.3. The van der Waals surface area contributed by atoms with Gasteiger partial charge in [0.1, 0.15) is 0 Å². The summed E-state index contributed by atoms with van der Waals surface area (Å²) in [4.78, 5) is 0. The third kappa shape index (κ3) is 2.60. The maximum Gasteiger partial charge on any atom is 0.0987 e. The summed E-state index contributed by atoms with van der Waals surface area (Å²) in [6.07, 6.45) is 1.11. The highest BCUT2D eigenvalue weighted by Gasteiger charge is 2.13. The first-order valence-corrected chi connectivity index (χ1v) is 4.35. The predicted octanol–water partition coefficient (Wildman–Crippen LogP) is 1.84. The summed E-state index contributed by atoms with van der Waals surface area (Å²) in [6, 6.07) is 9.57. The Balaban J connectivity index is 2.67. The Kier molecular flexibility index (Phi) is 3.53. The Labute approximate surface area is 78.9 Å². The Morgan fingerprint density at radius 2 is 2.00 bits per heavy atom. The molecule has 0 aliphatic carbocycles. The summed E-state index contributed by atoms with van der Waals surface area (Å²) in [5.74, 6) is 0. The van der Waals surface area contributed by atoms with E-state index in [0.717, 1.165) is 5.56 Å². The van der Waals surface area contributed by atoms with E-state index in [2.05, 4.69) is 11.9 Å². The third-order valence-corrected chi connectivity index (χ3v) is 2.00. The van der Waals surface area contributed by atoms with E-state index in [1.807, 2.05) is 37.3 Å². The molecule has 70 valence electrons. The van der Waals surface area contributed by atoms with Crippen LogP contribution < -0.4 is 5.32 Å². The summed E-state index contributed by atoms with van der Waals surface area (Å²) in [7, 11) is 0. The molecule has 0 radical (unpaired) electrons. The van der Waals surface area contributed by atoms with E-state index in [9.17, 15) is 5.11 Å². The van der Waals surface area contributed by atoms with Gasteiger partial charge in [0.05, 0.1) is 12.1 Å². The molecule has 0 saturated carbocycles. The molecule has 0 aromatic heterocycles. The fraction of sp³-hybridized carbons (Fsp3) is 0.273. The van der Waals surface area contributed by atoms with Crippen molar-refractivity contribution < 1.29 is 5.11 Å². The first kappa shape index (κ1) is 9.81. The van der Waals surface area contributed by atoms with Gasteiger partial charge >= 0.3 is 0 Å². The van der Waals surface area contributed by atoms with Crippen LogP contribution in [0.5, 0.6) is 0 Å². The van der Waals surface area contributed by atoms with Crippen molar-refractivity contribution in [1.82, 2.24) is 5.32 Å². The first-order valence-electron chi connectivity index (χ1n) is 4.35. The second-order valence-electron chi connectivity index (χ2n) is 3.01. The minimum Gasteiger partial charge on any atom is -0.386 e. The molecule has 1 aromatic rings. The highest BCUT2D eigenvalue weighted by Crippen LogP contribution is 2.15. The zero-order chi connectivity index (χ0) is 9.68. The van der Waals surface area contributed by atoms with E-state index in [1.165, 1.54) is 0 Å². The van der Waals surface area contributed by atoms with Crippen LogP contribution in [-0.4, -0.2) is 11.1 Å². The number of rotatable bonds is 4. The van der Waals surface area contributed by atoms with Gasteiger partial charge in [0.15, 0.2) is 0 Å². The van der Waals surface area contributed by atoms with Crippen LogP contribution in [0.25, 0.3) is 0 Å². The summed E-state index contributed by atoms with van der Waals surface area (Å²) in [5.41, 5.74) is 0.921. The fourth-order valence-corrected chi connectivity index (χ4v) is 1.22. The largest absolute Gasteiger partial charge is 0.386 e. The van der Waals surface area contributed by atoms with Gasteiger partial charge in [-0.3, -0.25) is 0 Å². The molecule has 2 heteroatoms. The lowest BCUT2D eigenvalue weighted by Crippen LogP contribution is -2.27. The molecule has 13 heavy (non-hydrogen) atoms. The van der Waals surface area contributed by atoms with Crippen molar-refractivity contribution in [2.45, 2.75) is 19.1 Å². The van der Waals surface area contributed by atoms with Crippen LogP contribution in [0.3, 0.4) is 0 Å². The van der Waals surface area contributed by atoms with Crippen LogP contribution in [0.1, 0.15) is 18.6 Å². The number of aliphatic hydroxyl groups excluding tert-OH is 1. The van der Waals surface area contributed by atoms with Gasteiger partial charge < -0.3 is 10.4 Å². The Morgan fingerprint density at radius 3 is 2.54 bits per heavy atom. The second kappa shape index (κ2) is 4.67. The van der Waals surface area contributed by atoms with Crippen LogP contribution >= 0.6 is 0 Å². The molecule has 0 aliphatic heterocycles. The van der Waals surface area contributed by atoms with Crippen LogP contribution in [0.15, 0.2) is 43.1 Å². The van der Waals surface area contributed by atoms with Gasteiger partial charge in [0.25, 0.3) is 0 Å². The minimum absolute atomic E-state index is 0.0140. The SMILES string of the molecule is C=CN[C@H](C)[C@@H](O)c1ccccc1. The molecule has 2 N–H and O–H groups in total. The van der Waals surface area contributed by atoms with E-state index in [-0.39, 0.29) is 6.04 Å². The smallest absolute Gasteiger partial charge is 0.0987 e. The lowest BCUT2D eigenvalue weighted by atomic mass is 10.0. The number of nitrogens with one attached hydrogen (secondary N) is 1. The van der Waals surface area contributed by atoms with E-state index in [0.29, 0.717) is 0 Å². The Hall–Kier alpha value is -1.28. The van der Waals surface area contributed by atoms with Gasteiger partial charge in [-0.05, 0) is 18.7 Å². The van der Waals surface area contributed by atoms with Crippen LogP contribution in [0, 0.1) is 0 Å². The highest BCUT2D eigenvalue weighted by molar-refractivity contribution is 5.18. The molecule has 1 aromatic carbocycles. The lowest BCUT2D eigenvalue weighted by molar-refractivity contribution is 0.143. The predicted molar refractivity (Wildman–Crippen MR) is 54.2 cm³/mol. The second-order valence-corrected chi connectivity index (χ2v) is 3.01. The van der Waals surface area contributed by atoms with E-state index >= 15 is 0 Å². The zero-order valence-electron chi connectivity index (χ0n) is 7.77. The topological polar surface area (TPSA) is 32.3 Å². The van der Waals surface area contributed by atoms with Gasteiger partial charge in [-0.1, -0.05) is 36.9 Å². The molecule has 1 rings (SSSR count). The minimum atomic E-state index is -0.487. The summed E-state index contributed by atoms with van der Waals surface area (Å²) < 4.78 is 0. The van der Waals surface area contributed by atoms with Crippen molar-refractivity contribution in [1.29, 1.82) is 0 Å². The normalized spacial score (nSPS) is 14.6. The molecule has 0 fully saturated rings. The average molecular weight is 177 g/mol. The van der Waals surface area contributed by atoms with Crippen molar-refractivity contribution in [3.8, 4) is 0 Å². The molecule has 2 nitrogen and oxygen atoms in total.